The van der Waals surface area contributed by atoms with E-state index < -0.39 is 0 Å². The van der Waals surface area contributed by atoms with Crippen LogP contribution in [-0.4, -0.2) is 27.7 Å². The lowest BCUT2D eigenvalue weighted by Crippen LogP contribution is -2.04. The van der Waals surface area contributed by atoms with Crippen molar-refractivity contribution in [1.29, 1.82) is 0 Å². The fourth-order valence-corrected chi connectivity index (χ4v) is 1.23. The molecule has 0 heterocycles. The molecule has 2 nitrogen and oxygen atoms in total. The van der Waals surface area contributed by atoms with Gasteiger partial charge in [0.1, 0.15) is 0 Å². The summed E-state index contributed by atoms with van der Waals surface area (Å²) in [6.45, 7) is 37.9. The van der Waals surface area contributed by atoms with Crippen LogP contribution in [0.3, 0.4) is 0 Å². The zero-order chi connectivity index (χ0) is 32.0. The molecule has 0 aromatic heterocycles. The van der Waals surface area contributed by atoms with E-state index >= 15 is 0 Å². The molecule has 0 rings (SSSR count). The molecule has 232 valence electrons. The fourth-order valence-electron chi connectivity index (χ4n) is 1.23. The number of allylic oxidation sites excluding steroid dienone is 10. The maximum atomic E-state index is 3.79. The second kappa shape index (κ2) is 76.5. The minimum atomic E-state index is 0.833. The van der Waals surface area contributed by atoms with Crippen molar-refractivity contribution in [2.24, 2.45) is 5.92 Å². The van der Waals surface area contributed by atoms with Crippen LogP contribution in [0.2, 0.25) is 0 Å². The summed E-state index contributed by atoms with van der Waals surface area (Å²) in [7, 11) is 5.71. The maximum absolute atomic E-state index is 3.79. The van der Waals surface area contributed by atoms with Crippen molar-refractivity contribution >= 4 is 0 Å². The van der Waals surface area contributed by atoms with E-state index in [4.69, 9.17) is 0 Å². The second-order valence-corrected chi connectivity index (χ2v) is 8.33. The average Bonchev–Trinajstić information content (AvgIpc) is 2.89. The first-order chi connectivity index (χ1) is 18.1. The Kier molecular flexibility index (Phi) is 114. The molecule has 2 heteroatoms. The molecule has 0 atom stereocenters. The van der Waals surface area contributed by atoms with Crippen LogP contribution in [0, 0.1) is 5.92 Å². The zero-order valence-electron chi connectivity index (χ0n) is 29.9. The lowest BCUT2D eigenvalue weighted by molar-refractivity contribution is 0.737. The van der Waals surface area contributed by atoms with Gasteiger partial charge in [-0.15, -0.1) is 0 Å². The molecule has 0 amide bonds. The highest BCUT2D eigenvalue weighted by atomic mass is 14.8. The van der Waals surface area contributed by atoms with E-state index in [1.807, 2.05) is 67.1 Å². The van der Waals surface area contributed by atoms with Gasteiger partial charge in [0.15, 0.2) is 0 Å². The van der Waals surface area contributed by atoms with Gasteiger partial charge in [-0.1, -0.05) is 163 Å². The van der Waals surface area contributed by atoms with Gasteiger partial charge in [-0.25, -0.2) is 0 Å². The zero-order valence-corrected chi connectivity index (χ0v) is 29.9. The molecule has 0 spiro atoms. The first-order valence-electron chi connectivity index (χ1n) is 15.3. The van der Waals surface area contributed by atoms with Gasteiger partial charge in [0.25, 0.3) is 0 Å². The lowest BCUT2D eigenvalue weighted by atomic mass is 10.2. The van der Waals surface area contributed by atoms with Crippen LogP contribution >= 0.6 is 0 Å². The normalized spacial score (nSPS) is 9.26. The van der Waals surface area contributed by atoms with Crippen molar-refractivity contribution in [3.05, 3.63) is 72.9 Å². The van der Waals surface area contributed by atoms with Crippen molar-refractivity contribution in [1.82, 2.24) is 10.6 Å². The smallest absolute Gasteiger partial charge is 0.00546 e. The van der Waals surface area contributed by atoms with Crippen LogP contribution in [0.1, 0.15) is 129 Å². The van der Waals surface area contributed by atoms with E-state index in [1.165, 1.54) is 24.8 Å². The number of hydrogen-bond acceptors (Lipinski definition) is 2. The SMILES string of the molecule is C=CC(=C)/C=C\C=C\CC/C=C\C(C)=C/C.CC.CC.CC(C)C.CCC.CCC.CCCNC.CNC. The van der Waals surface area contributed by atoms with Gasteiger partial charge in [-0.05, 0) is 72.3 Å². The van der Waals surface area contributed by atoms with Crippen molar-refractivity contribution in [3.8, 4) is 0 Å². The summed E-state index contributed by atoms with van der Waals surface area (Å²) < 4.78 is 0. The Morgan fingerprint density at radius 3 is 1.39 bits per heavy atom. The molecule has 0 saturated heterocycles. The van der Waals surface area contributed by atoms with Gasteiger partial charge in [-0.3, -0.25) is 0 Å². The monoisotopic (exact) mass is 539 g/mol. The molecule has 0 bridgehead atoms. The molecule has 0 aliphatic rings. The number of nitrogens with one attached hydrogen (secondary N) is 2. The lowest BCUT2D eigenvalue weighted by Gasteiger charge is -1.88. The first-order valence-corrected chi connectivity index (χ1v) is 15.3. The van der Waals surface area contributed by atoms with Crippen molar-refractivity contribution in [2.75, 3.05) is 27.7 Å². The van der Waals surface area contributed by atoms with Gasteiger partial charge in [-0.2, -0.15) is 0 Å². The third-order valence-electron chi connectivity index (χ3n) is 2.66. The summed E-state index contributed by atoms with van der Waals surface area (Å²) in [5, 5.41) is 5.77. The molecular weight excluding hydrogens is 460 g/mol. The van der Waals surface area contributed by atoms with Crippen LogP contribution in [0.4, 0.5) is 0 Å². The quantitative estimate of drug-likeness (QED) is 0.225. The summed E-state index contributed by atoms with van der Waals surface area (Å²) in [5.74, 6) is 0.833. The second-order valence-electron chi connectivity index (χ2n) is 8.33. The van der Waals surface area contributed by atoms with Crippen LogP contribution in [0.25, 0.3) is 0 Å². The molecule has 0 aromatic carbocycles. The standard InChI is InChI=1S/C16H22.C4H11N.C4H10.2C3H8.C2H7N.2C2H6/c1-5-15(3)13-11-9-7-8-10-12-14-16(4)6-2;1-3-4-5-2;1-4(2)3;3*1-3-2;2*1-2/h5-7,9,11-14H,1,3,8,10H2,2,4H3;5H,3-4H2,1-2H3;4H,1-3H3;2*3H2,1-2H3;3H,1-2H3;2*1-2H3/b9-7+,13-11-,14-12-,16-6-;;;;;;;. The number of hydrogen-bond donors (Lipinski definition) is 2. The van der Waals surface area contributed by atoms with Crippen LogP contribution < -0.4 is 10.6 Å². The highest BCUT2D eigenvalue weighted by molar-refractivity contribution is 5.27. The number of unbranched alkanes of at least 4 members (excludes halogenated alkanes) is 1. The minimum Gasteiger partial charge on any atom is -0.323 e. The number of rotatable bonds is 9. The summed E-state index contributed by atoms with van der Waals surface area (Å²) >= 11 is 0. The van der Waals surface area contributed by atoms with E-state index in [0.717, 1.165) is 30.9 Å². The van der Waals surface area contributed by atoms with Crippen molar-refractivity contribution in [3.63, 3.8) is 0 Å². The van der Waals surface area contributed by atoms with E-state index in [-0.39, 0.29) is 0 Å². The highest BCUT2D eigenvalue weighted by Crippen LogP contribution is 1.99. The molecule has 0 unspecified atom stereocenters. The Morgan fingerprint density at radius 1 is 0.763 bits per heavy atom. The molecule has 0 aliphatic carbocycles. The Balaban J connectivity index is -0.0000000559. The third-order valence-corrected chi connectivity index (χ3v) is 2.66. The van der Waals surface area contributed by atoms with E-state index in [2.05, 4.69) is 117 Å². The first kappa shape index (κ1) is 56.5. The summed E-state index contributed by atoms with van der Waals surface area (Å²) in [6.07, 6.45) is 22.2. The Labute approximate surface area is 246 Å². The van der Waals surface area contributed by atoms with E-state index in [0.29, 0.717) is 0 Å². The minimum absolute atomic E-state index is 0.833. The summed E-state index contributed by atoms with van der Waals surface area (Å²) in [5.41, 5.74) is 2.25. The van der Waals surface area contributed by atoms with E-state index in [1.54, 1.807) is 6.08 Å². The molecule has 0 radical (unpaired) electrons. The van der Waals surface area contributed by atoms with Crippen molar-refractivity contribution in [2.45, 2.75) is 129 Å². The molecule has 0 aromatic rings. The van der Waals surface area contributed by atoms with Crippen molar-refractivity contribution < 1.29 is 0 Å². The molecule has 0 aliphatic heterocycles. The Bertz CT molecular complexity index is 442. The van der Waals surface area contributed by atoms with Gasteiger partial charge >= 0.3 is 0 Å². The van der Waals surface area contributed by atoms with Gasteiger partial charge < -0.3 is 10.6 Å². The molecule has 38 heavy (non-hydrogen) atoms. The van der Waals surface area contributed by atoms with Crippen LogP contribution in [0.15, 0.2) is 72.9 Å². The molecule has 0 saturated carbocycles. The largest absolute Gasteiger partial charge is 0.323 e. The van der Waals surface area contributed by atoms with Gasteiger partial charge in [0.2, 0.25) is 0 Å². The third kappa shape index (κ3) is 162. The van der Waals surface area contributed by atoms with Crippen LogP contribution in [0.5, 0.6) is 0 Å². The predicted molar refractivity (Wildman–Crippen MR) is 190 cm³/mol. The summed E-state index contributed by atoms with van der Waals surface area (Å²) in [6, 6.07) is 0. The molecule has 0 fully saturated rings. The van der Waals surface area contributed by atoms with Gasteiger partial charge in [0.05, 0.1) is 0 Å². The van der Waals surface area contributed by atoms with Gasteiger partial charge in [0, 0.05) is 0 Å². The fraction of sp³-hybridized carbons (Fsp3) is 0.667. The van der Waals surface area contributed by atoms with E-state index in [9.17, 15) is 0 Å². The predicted octanol–water partition coefficient (Wildman–Crippen LogP) is 12.1. The maximum Gasteiger partial charge on any atom is -0.00546 e. The summed E-state index contributed by atoms with van der Waals surface area (Å²) in [4.78, 5) is 0. The average molecular weight is 539 g/mol. The van der Waals surface area contributed by atoms with Crippen LogP contribution in [-0.2, 0) is 0 Å². The highest BCUT2D eigenvalue weighted by Gasteiger charge is 1.79. The molecule has 2 N–H and O–H groups in total. The topological polar surface area (TPSA) is 24.1 Å². The Morgan fingerprint density at radius 2 is 1.13 bits per heavy atom. The molecular formula is C36H78N2. The Hall–Kier alpha value is -1.64.